The van der Waals surface area contributed by atoms with Crippen molar-refractivity contribution in [1.29, 1.82) is 0 Å². The fourth-order valence-corrected chi connectivity index (χ4v) is 6.71. The third-order valence-corrected chi connectivity index (χ3v) is 8.06. The smallest absolute Gasteiger partial charge is 0.234 e. The topological polar surface area (TPSA) is 30.7 Å². The third-order valence-electron chi connectivity index (χ3n) is 6.86. The molecule has 8 rings (SSSR count). The van der Waals surface area contributed by atoms with E-state index in [2.05, 4.69) is 89.5 Å². The Balaban J connectivity index is 1.78. The summed E-state index contributed by atoms with van der Waals surface area (Å²) in [5.41, 5.74) is 2.32. The largest absolute Gasteiger partial charge is 0.277 e. The molecule has 0 atom stereocenters. The molecule has 0 bridgehead atoms. The van der Waals surface area contributed by atoms with Gasteiger partial charge in [0.15, 0.2) is 0 Å². The van der Waals surface area contributed by atoms with Crippen molar-refractivity contribution in [1.82, 2.24) is 14.5 Å². The maximum Gasteiger partial charge on any atom is 0.234 e. The molecule has 0 saturated heterocycles. The number of hydrogen-bond donors (Lipinski definition) is 0. The van der Waals surface area contributed by atoms with Crippen molar-refractivity contribution in [2.45, 2.75) is 0 Å². The van der Waals surface area contributed by atoms with Gasteiger partial charge in [-0.05, 0) is 40.4 Å². The summed E-state index contributed by atoms with van der Waals surface area (Å²) in [6.45, 7) is 0. The van der Waals surface area contributed by atoms with Crippen LogP contribution in [0.4, 0.5) is 0 Å². The summed E-state index contributed by atoms with van der Waals surface area (Å²) in [6, 6.07) is 32.6. The van der Waals surface area contributed by atoms with Crippen LogP contribution in [0.3, 0.4) is 0 Å². The van der Waals surface area contributed by atoms with Crippen LogP contribution in [0.15, 0.2) is 103 Å². The second kappa shape index (κ2) is 6.62. The van der Waals surface area contributed by atoms with Crippen LogP contribution in [-0.4, -0.2) is 14.5 Å². The fourth-order valence-electron chi connectivity index (χ4n) is 5.47. The molecule has 0 aliphatic heterocycles. The normalized spacial score (nSPS) is 12.1. The summed E-state index contributed by atoms with van der Waals surface area (Å²) in [7, 11) is 0. The van der Waals surface area contributed by atoms with Crippen molar-refractivity contribution < 1.29 is 0 Å². The number of nitrogens with zero attached hydrogens (tertiary/aromatic N) is 3. The zero-order valence-electron chi connectivity index (χ0n) is 18.1. The second-order valence-electron chi connectivity index (χ2n) is 8.67. The van der Waals surface area contributed by atoms with Crippen molar-refractivity contribution in [3.05, 3.63) is 103 Å². The van der Waals surface area contributed by atoms with Crippen LogP contribution >= 0.6 is 11.3 Å². The van der Waals surface area contributed by atoms with Gasteiger partial charge < -0.3 is 0 Å². The first kappa shape index (κ1) is 18.2. The molecule has 0 N–H and O–H groups in total. The molecule has 0 unspecified atom stereocenters. The third kappa shape index (κ3) is 2.30. The quantitative estimate of drug-likeness (QED) is 0.251. The van der Waals surface area contributed by atoms with Gasteiger partial charge in [0, 0.05) is 48.7 Å². The highest BCUT2D eigenvalue weighted by atomic mass is 32.1. The number of hydrogen-bond acceptors (Lipinski definition) is 3. The predicted molar refractivity (Wildman–Crippen MR) is 144 cm³/mol. The molecule has 4 heteroatoms. The summed E-state index contributed by atoms with van der Waals surface area (Å²) in [5, 5.41) is 10.1. The summed E-state index contributed by atoms with van der Waals surface area (Å²) in [6.07, 6.45) is 3.65. The van der Waals surface area contributed by atoms with E-state index in [1.807, 2.05) is 29.8 Å². The zero-order chi connectivity index (χ0) is 22.2. The van der Waals surface area contributed by atoms with Gasteiger partial charge in [0.1, 0.15) is 0 Å². The van der Waals surface area contributed by atoms with Crippen LogP contribution < -0.4 is 0 Å². The van der Waals surface area contributed by atoms with Gasteiger partial charge in [0.05, 0.1) is 11.0 Å². The van der Waals surface area contributed by atoms with Crippen LogP contribution in [0, 0.1) is 0 Å². The fraction of sp³-hybridized carbons (Fsp3) is 0. The molecular weight excluding hydrogens is 434 g/mol. The number of benzene rings is 5. The summed E-state index contributed by atoms with van der Waals surface area (Å²) < 4.78 is 4.88. The minimum absolute atomic E-state index is 0.699. The number of aromatic nitrogens is 3. The molecule has 3 heterocycles. The average Bonchev–Trinajstić information content (AvgIpc) is 3.44. The monoisotopic (exact) mass is 451 g/mol. The molecule has 0 saturated carbocycles. The Morgan fingerprint density at radius 2 is 1.26 bits per heavy atom. The molecule has 0 fully saturated rings. The van der Waals surface area contributed by atoms with E-state index in [1.54, 1.807) is 0 Å². The van der Waals surface area contributed by atoms with Crippen LogP contribution in [0.5, 0.6) is 0 Å². The molecule has 0 amide bonds. The van der Waals surface area contributed by atoms with E-state index < -0.39 is 0 Å². The van der Waals surface area contributed by atoms with Crippen LogP contribution in [0.1, 0.15) is 0 Å². The molecule has 3 nitrogen and oxygen atoms in total. The Morgan fingerprint density at radius 1 is 0.588 bits per heavy atom. The highest BCUT2D eigenvalue weighted by Crippen LogP contribution is 2.47. The van der Waals surface area contributed by atoms with Crippen LogP contribution in [-0.2, 0) is 0 Å². The molecule has 34 heavy (non-hydrogen) atoms. The maximum absolute atomic E-state index is 4.71. The highest BCUT2D eigenvalue weighted by Gasteiger charge is 2.22. The minimum Gasteiger partial charge on any atom is -0.277 e. The van der Waals surface area contributed by atoms with Gasteiger partial charge in [-0.15, -0.1) is 11.3 Å². The summed E-state index contributed by atoms with van der Waals surface area (Å²) >= 11 is 1.87. The Bertz CT molecular complexity index is 2070. The van der Waals surface area contributed by atoms with E-state index in [4.69, 9.17) is 9.97 Å². The van der Waals surface area contributed by atoms with Crippen molar-refractivity contribution in [2.24, 2.45) is 0 Å². The van der Waals surface area contributed by atoms with Gasteiger partial charge in [0.25, 0.3) is 0 Å². The molecule has 0 aliphatic carbocycles. The molecular formula is C30H17N3S. The Morgan fingerprint density at radius 3 is 2.09 bits per heavy atom. The first-order valence-corrected chi connectivity index (χ1v) is 12.2. The van der Waals surface area contributed by atoms with Crippen molar-refractivity contribution in [2.75, 3.05) is 0 Å². The van der Waals surface area contributed by atoms with Gasteiger partial charge in [-0.1, -0.05) is 66.7 Å². The zero-order valence-corrected chi connectivity index (χ0v) is 18.9. The average molecular weight is 452 g/mol. The van der Waals surface area contributed by atoms with Gasteiger partial charge >= 0.3 is 0 Å². The minimum atomic E-state index is 0.699. The van der Waals surface area contributed by atoms with Crippen LogP contribution in [0.2, 0.25) is 0 Å². The lowest BCUT2D eigenvalue weighted by molar-refractivity contribution is 0.991. The Labute approximate surface area is 198 Å². The first-order chi connectivity index (χ1) is 16.9. The van der Waals surface area contributed by atoms with E-state index >= 15 is 0 Å². The van der Waals surface area contributed by atoms with Crippen molar-refractivity contribution in [3.63, 3.8) is 0 Å². The van der Waals surface area contributed by atoms with Crippen LogP contribution in [0.25, 0.3) is 69.5 Å². The predicted octanol–water partition coefficient (Wildman–Crippen LogP) is 8.25. The molecule has 0 radical (unpaired) electrons. The molecule has 0 aliphatic rings. The van der Waals surface area contributed by atoms with E-state index in [1.165, 1.54) is 58.0 Å². The number of rotatable bonds is 1. The Kier molecular flexibility index (Phi) is 3.54. The molecule has 5 aromatic carbocycles. The molecule has 3 aromatic heterocycles. The van der Waals surface area contributed by atoms with E-state index in [0.29, 0.717) is 5.95 Å². The number of thiophene rings is 1. The lowest BCUT2D eigenvalue weighted by Crippen LogP contribution is -2.00. The molecule has 8 aromatic rings. The van der Waals surface area contributed by atoms with E-state index in [9.17, 15) is 0 Å². The number of fused-ring (bicyclic) bond motifs is 11. The van der Waals surface area contributed by atoms with E-state index in [-0.39, 0.29) is 0 Å². The van der Waals surface area contributed by atoms with Gasteiger partial charge in [-0.3, -0.25) is 4.57 Å². The van der Waals surface area contributed by atoms with Gasteiger partial charge in [0.2, 0.25) is 5.95 Å². The SMILES string of the molecule is c1cnc(-n2c3cc4ccccc4cc3c3c4ccccc4c4sc5ccccc5c4c32)nc1. The van der Waals surface area contributed by atoms with Crippen molar-refractivity contribution >= 4 is 74.9 Å². The second-order valence-corrected chi connectivity index (χ2v) is 9.72. The maximum atomic E-state index is 4.71. The summed E-state index contributed by atoms with van der Waals surface area (Å²) in [5.74, 6) is 0.699. The van der Waals surface area contributed by atoms with Crippen molar-refractivity contribution in [3.8, 4) is 5.95 Å². The molecule has 0 spiro atoms. The highest BCUT2D eigenvalue weighted by molar-refractivity contribution is 7.27. The van der Waals surface area contributed by atoms with E-state index in [0.717, 1.165) is 5.52 Å². The molecule has 158 valence electrons. The summed E-state index contributed by atoms with van der Waals surface area (Å²) in [4.78, 5) is 9.42. The van der Waals surface area contributed by atoms with Gasteiger partial charge in [-0.2, -0.15) is 0 Å². The standard InChI is InChI=1S/C30H17N3S/c1-2-9-19-17-24-23(16-18(19)8-1)26-20-10-3-4-11-21(20)29-27(22-12-5-6-13-25(22)34-29)28(26)33(24)30-31-14-7-15-32-30/h1-17H. The van der Waals surface area contributed by atoms with Gasteiger partial charge in [-0.25, -0.2) is 9.97 Å². The lowest BCUT2D eigenvalue weighted by Gasteiger charge is -2.08. The lowest BCUT2D eigenvalue weighted by atomic mass is 9.99. The Hall–Kier alpha value is -4.28. The first-order valence-electron chi connectivity index (χ1n) is 11.3.